The standard InChI is InChI=1S/C26H38O6S/c1-3-12-32-18-20-7-4-6-19(15-20)16-21(27)9-10-22-23(25(29)17-24(22)28)11-14-33-13-5-8-26(30)31-2/h4,6-7,9-10,15,21-24,27-28H,3,5,8,11-14,16-18H2,1-2H3/b10-9+/t21-,22-,23-,24-/m1/s1. The predicted octanol–water partition coefficient (Wildman–Crippen LogP) is 3.72. The summed E-state index contributed by atoms with van der Waals surface area (Å²) < 4.78 is 10.2. The van der Waals surface area contributed by atoms with Crippen LogP contribution >= 0.6 is 11.8 Å². The summed E-state index contributed by atoms with van der Waals surface area (Å²) >= 11 is 1.71. The van der Waals surface area contributed by atoms with Gasteiger partial charge in [-0.05, 0) is 41.9 Å². The van der Waals surface area contributed by atoms with E-state index < -0.39 is 12.2 Å². The molecule has 0 heterocycles. The van der Waals surface area contributed by atoms with Crippen molar-refractivity contribution >= 4 is 23.5 Å². The molecule has 184 valence electrons. The van der Waals surface area contributed by atoms with Gasteiger partial charge < -0.3 is 19.7 Å². The molecule has 1 aromatic carbocycles. The predicted molar refractivity (Wildman–Crippen MR) is 131 cm³/mol. The highest BCUT2D eigenvalue weighted by Crippen LogP contribution is 2.34. The van der Waals surface area contributed by atoms with Gasteiger partial charge in [0, 0.05) is 37.7 Å². The summed E-state index contributed by atoms with van der Waals surface area (Å²) in [6.07, 6.45) is 5.60. The minimum atomic E-state index is -0.700. The fourth-order valence-electron chi connectivity index (χ4n) is 4.07. The summed E-state index contributed by atoms with van der Waals surface area (Å²) in [4.78, 5) is 23.5. The van der Waals surface area contributed by atoms with Gasteiger partial charge in [0.15, 0.2) is 0 Å². The average Bonchev–Trinajstić information content (AvgIpc) is 3.06. The minimum absolute atomic E-state index is 0.0848. The van der Waals surface area contributed by atoms with Crippen LogP contribution in [0.3, 0.4) is 0 Å². The van der Waals surface area contributed by atoms with Crippen molar-refractivity contribution in [2.24, 2.45) is 11.8 Å². The van der Waals surface area contributed by atoms with Gasteiger partial charge in [-0.25, -0.2) is 0 Å². The Bertz CT molecular complexity index is 765. The first-order valence-corrected chi connectivity index (χ1v) is 13.0. The van der Waals surface area contributed by atoms with Crippen molar-refractivity contribution < 1.29 is 29.3 Å². The molecule has 0 amide bonds. The molecule has 7 heteroatoms. The Kier molecular flexibility index (Phi) is 12.8. The number of carbonyl (C=O) groups excluding carboxylic acids is 2. The molecule has 4 atom stereocenters. The SMILES string of the molecule is CCCOCc1cccc(C[C@H](O)/C=C/[C@H]2[C@H](O)CC(=O)[C@@H]2CCSCCCC(=O)OC)c1. The van der Waals surface area contributed by atoms with Gasteiger partial charge in [0.05, 0.1) is 25.9 Å². The van der Waals surface area contributed by atoms with E-state index >= 15 is 0 Å². The average molecular weight is 479 g/mol. The summed E-state index contributed by atoms with van der Waals surface area (Å²) in [6.45, 7) is 3.36. The van der Waals surface area contributed by atoms with Crippen molar-refractivity contribution in [1.29, 1.82) is 0 Å². The van der Waals surface area contributed by atoms with Crippen LogP contribution in [-0.2, 0) is 32.1 Å². The number of hydrogen-bond donors (Lipinski definition) is 2. The number of ether oxygens (including phenoxy) is 2. The van der Waals surface area contributed by atoms with Crippen LogP contribution in [0.25, 0.3) is 0 Å². The summed E-state index contributed by atoms with van der Waals surface area (Å²) in [7, 11) is 1.39. The Morgan fingerprint density at radius 1 is 1.30 bits per heavy atom. The lowest BCUT2D eigenvalue weighted by atomic mass is 9.91. The number of ketones is 1. The summed E-state index contributed by atoms with van der Waals surface area (Å²) in [5.74, 6) is 1.02. The van der Waals surface area contributed by atoms with Gasteiger partial charge in [0.25, 0.3) is 0 Å². The lowest BCUT2D eigenvalue weighted by Gasteiger charge is -2.18. The van der Waals surface area contributed by atoms with Gasteiger partial charge in [0.2, 0.25) is 0 Å². The lowest BCUT2D eigenvalue weighted by molar-refractivity contribution is -0.140. The molecule has 1 aliphatic carbocycles. The molecule has 0 spiro atoms. The minimum Gasteiger partial charge on any atom is -0.469 e. The topological polar surface area (TPSA) is 93.1 Å². The number of aliphatic hydroxyl groups excluding tert-OH is 2. The Balaban J connectivity index is 1.82. The van der Waals surface area contributed by atoms with Crippen molar-refractivity contribution in [1.82, 2.24) is 0 Å². The van der Waals surface area contributed by atoms with Crippen LogP contribution in [0.4, 0.5) is 0 Å². The number of Topliss-reactive ketones (excluding diaryl/α,β-unsaturated/α-hetero) is 1. The number of rotatable bonds is 15. The van der Waals surface area contributed by atoms with Gasteiger partial charge in [-0.1, -0.05) is 43.3 Å². The fourth-order valence-corrected chi connectivity index (χ4v) is 5.05. The monoisotopic (exact) mass is 478 g/mol. The molecule has 33 heavy (non-hydrogen) atoms. The number of benzene rings is 1. The molecule has 0 unspecified atom stereocenters. The second-order valence-corrected chi connectivity index (χ2v) is 9.76. The highest BCUT2D eigenvalue weighted by atomic mass is 32.2. The van der Waals surface area contributed by atoms with E-state index in [1.54, 1.807) is 17.8 Å². The molecule has 1 aromatic rings. The molecule has 0 radical (unpaired) electrons. The van der Waals surface area contributed by atoms with Gasteiger partial charge in [0.1, 0.15) is 5.78 Å². The largest absolute Gasteiger partial charge is 0.469 e. The van der Waals surface area contributed by atoms with Crippen LogP contribution in [0.5, 0.6) is 0 Å². The van der Waals surface area contributed by atoms with E-state index in [0.29, 0.717) is 25.9 Å². The zero-order valence-corrected chi connectivity index (χ0v) is 20.6. The molecule has 1 aliphatic rings. The van der Waals surface area contributed by atoms with E-state index in [1.807, 2.05) is 30.3 Å². The maximum absolute atomic E-state index is 12.4. The van der Waals surface area contributed by atoms with Crippen molar-refractivity contribution in [3.63, 3.8) is 0 Å². The van der Waals surface area contributed by atoms with Gasteiger partial charge in [-0.2, -0.15) is 11.8 Å². The molecule has 2 rings (SSSR count). The smallest absolute Gasteiger partial charge is 0.305 e. The molecule has 0 saturated heterocycles. The molecule has 1 saturated carbocycles. The Morgan fingerprint density at radius 2 is 2.09 bits per heavy atom. The van der Waals surface area contributed by atoms with E-state index in [9.17, 15) is 19.8 Å². The number of esters is 1. The van der Waals surface area contributed by atoms with Gasteiger partial charge in [-0.3, -0.25) is 9.59 Å². The number of aliphatic hydroxyl groups is 2. The summed E-state index contributed by atoms with van der Waals surface area (Å²) in [5, 5.41) is 20.9. The molecule has 0 aliphatic heterocycles. The first-order chi connectivity index (χ1) is 15.9. The zero-order chi connectivity index (χ0) is 24.1. The second-order valence-electron chi connectivity index (χ2n) is 8.53. The number of carbonyl (C=O) groups is 2. The Hall–Kier alpha value is -1.67. The van der Waals surface area contributed by atoms with E-state index in [4.69, 9.17) is 4.74 Å². The normalized spacial score (nSPS) is 21.6. The van der Waals surface area contributed by atoms with Crippen LogP contribution in [0, 0.1) is 11.8 Å². The molecule has 2 N–H and O–H groups in total. The van der Waals surface area contributed by atoms with E-state index in [0.717, 1.165) is 42.1 Å². The molecular weight excluding hydrogens is 440 g/mol. The van der Waals surface area contributed by atoms with Crippen LogP contribution in [0.15, 0.2) is 36.4 Å². The van der Waals surface area contributed by atoms with Crippen molar-refractivity contribution in [3.8, 4) is 0 Å². The highest BCUT2D eigenvalue weighted by Gasteiger charge is 2.39. The first-order valence-electron chi connectivity index (χ1n) is 11.8. The van der Waals surface area contributed by atoms with Crippen molar-refractivity contribution in [2.45, 2.75) is 64.3 Å². The fraction of sp³-hybridized carbons (Fsp3) is 0.615. The van der Waals surface area contributed by atoms with Crippen LogP contribution in [-0.4, -0.2) is 59.4 Å². The van der Waals surface area contributed by atoms with E-state index in [2.05, 4.69) is 11.7 Å². The van der Waals surface area contributed by atoms with Crippen molar-refractivity contribution in [3.05, 3.63) is 47.5 Å². The third kappa shape index (κ3) is 10.0. The van der Waals surface area contributed by atoms with E-state index in [1.165, 1.54) is 7.11 Å². The molecule has 0 aromatic heterocycles. The van der Waals surface area contributed by atoms with Crippen LogP contribution in [0.2, 0.25) is 0 Å². The molecule has 0 bridgehead atoms. The third-order valence-corrected chi connectivity index (χ3v) is 6.91. The number of methoxy groups -OCH3 is 1. The van der Waals surface area contributed by atoms with Crippen LogP contribution < -0.4 is 0 Å². The Labute approximate surface area is 201 Å². The second kappa shape index (κ2) is 15.3. The lowest BCUT2D eigenvalue weighted by Crippen LogP contribution is -2.20. The van der Waals surface area contributed by atoms with Crippen molar-refractivity contribution in [2.75, 3.05) is 25.2 Å². The molecule has 1 fully saturated rings. The molecule has 6 nitrogen and oxygen atoms in total. The maximum atomic E-state index is 12.4. The number of hydrogen-bond acceptors (Lipinski definition) is 7. The third-order valence-electron chi connectivity index (χ3n) is 5.81. The van der Waals surface area contributed by atoms with Crippen LogP contribution in [0.1, 0.15) is 50.2 Å². The van der Waals surface area contributed by atoms with Gasteiger partial charge in [-0.15, -0.1) is 0 Å². The summed E-state index contributed by atoms with van der Waals surface area (Å²) in [6, 6.07) is 8.00. The highest BCUT2D eigenvalue weighted by molar-refractivity contribution is 7.99. The molecular formula is C26H38O6S. The maximum Gasteiger partial charge on any atom is 0.305 e. The first kappa shape index (κ1) is 27.6. The summed E-state index contributed by atoms with van der Waals surface area (Å²) in [5.41, 5.74) is 2.10. The van der Waals surface area contributed by atoms with Gasteiger partial charge >= 0.3 is 5.97 Å². The zero-order valence-electron chi connectivity index (χ0n) is 19.8. The Morgan fingerprint density at radius 3 is 2.85 bits per heavy atom. The van der Waals surface area contributed by atoms with E-state index in [-0.39, 0.29) is 30.0 Å². The number of thioether (sulfide) groups is 1. The quantitative estimate of drug-likeness (QED) is 0.225.